The van der Waals surface area contributed by atoms with Crippen molar-refractivity contribution in [3.8, 4) is 23.1 Å². The van der Waals surface area contributed by atoms with Gasteiger partial charge in [-0.05, 0) is 81.4 Å². The van der Waals surface area contributed by atoms with Crippen LogP contribution < -0.4 is 5.32 Å². The molecule has 6 rings (SSSR count). The molecule has 4 heterocycles. The van der Waals surface area contributed by atoms with Crippen molar-refractivity contribution in [3.63, 3.8) is 0 Å². The van der Waals surface area contributed by atoms with Crippen LogP contribution in [-0.4, -0.2) is 84.1 Å². The van der Waals surface area contributed by atoms with Gasteiger partial charge in [0.1, 0.15) is 0 Å². The lowest BCUT2D eigenvalue weighted by atomic mass is 9.79. The van der Waals surface area contributed by atoms with E-state index in [2.05, 4.69) is 22.1 Å². The Kier molecular flexibility index (Phi) is 10.3. The molecule has 0 aliphatic carbocycles. The van der Waals surface area contributed by atoms with Crippen molar-refractivity contribution in [2.75, 3.05) is 45.5 Å². The number of aliphatic hydroxyl groups excluding tert-OH is 1. The number of nitrogens with one attached hydrogen (secondary N) is 1. The predicted molar refractivity (Wildman–Crippen MR) is 179 cm³/mol. The van der Waals surface area contributed by atoms with Crippen molar-refractivity contribution in [1.82, 2.24) is 24.3 Å². The average molecular weight is 650 g/mol. The van der Waals surface area contributed by atoms with Crippen LogP contribution in [0.4, 0.5) is 0 Å². The summed E-state index contributed by atoms with van der Waals surface area (Å²) in [4.78, 5) is 2.39. The van der Waals surface area contributed by atoms with Crippen LogP contribution in [0.3, 0.4) is 0 Å². The van der Waals surface area contributed by atoms with E-state index < -0.39 is 16.1 Å². The van der Waals surface area contributed by atoms with E-state index in [9.17, 15) is 13.5 Å². The molecule has 45 heavy (non-hydrogen) atoms. The van der Waals surface area contributed by atoms with Crippen LogP contribution in [0.2, 0.25) is 5.02 Å². The second-order valence-corrected chi connectivity index (χ2v) is 15.2. The van der Waals surface area contributed by atoms with Crippen molar-refractivity contribution in [3.05, 3.63) is 75.9 Å². The third-order valence-electron chi connectivity index (χ3n) is 9.70. The first kappa shape index (κ1) is 32.2. The lowest BCUT2D eigenvalue weighted by Crippen LogP contribution is -2.43. The van der Waals surface area contributed by atoms with Crippen molar-refractivity contribution >= 4 is 21.6 Å². The molecule has 2 N–H and O–H groups in total. The third kappa shape index (κ3) is 7.99. The second kappa shape index (κ2) is 14.4. The van der Waals surface area contributed by atoms with Gasteiger partial charge in [0.25, 0.3) is 0 Å². The minimum atomic E-state index is -3.37. The maximum atomic E-state index is 12.5. The SMILES string of the molecule is CS(=O)(=O)N1CCc2c(c(-c3ccc(Cl)c(C#CCc4ccccc4)c3)nn2C[C@@H](O)CN2CCC(C3CCNCC3)CC2)C1. The smallest absolute Gasteiger partial charge is 0.211 e. The molecule has 8 nitrogen and oxygen atoms in total. The van der Waals surface area contributed by atoms with E-state index >= 15 is 0 Å². The zero-order chi connectivity index (χ0) is 31.4. The molecule has 3 aliphatic heterocycles. The normalized spacial score (nSPS) is 19.5. The molecule has 0 radical (unpaired) electrons. The van der Waals surface area contributed by atoms with Gasteiger partial charge in [-0.3, -0.25) is 4.68 Å². The van der Waals surface area contributed by atoms with Crippen LogP contribution in [0, 0.1) is 23.7 Å². The molecule has 3 aliphatic rings. The summed E-state index contributed by atoms with van der Waals surface area (Å²) in [7, 11) is -3.37. The van der Waals surface area contributed by atoms with Crippen LogP contribution in [0.1, 0.15) is 48.1 Å². The molecule has 0 spiro atoms. The summed E-state index contributed by atoms with van der Waals surface area (Å²) >= 11 is 6.56. The van der Waals surface area contributed by atoms with E-state index in [4.69, 9.17) is 16.7 Å². The summed E-state index contributed by atoms with van der Waals surface area (Å²) in [6.45, 7) is 5.96. The lowest BCUT2D eigenvalue weighted by Gasteiger charge is -2.38. The number of aromatic nitrogens is 2. The zero-order valence-electron chi connectivity index (χ0n) is 26.1. The number of halogens is 1. The Hall–Kier alpha value is -2.71. The number of fused-ring (bicyclic) bond motifs is 1. The maximum absolute atomic E-state index is 12.5. The highest BCUT2D eigenvalue weighted by molar-refractivity contribution is 7.88. The number of hydrogen-bond donors (Lipinski definition) is 2. The number of aliphatic hydroxyl groups is 1. The first-order valence-corrected chi connectivity index (χ1v) is 18.4. The average Bonchev–Trinajstić information content (AvgIpc) is 3.40. The van der Waals surface area contributed by atoms with E-state index in [1.165, 1.54) is 36.2 Å². The summed E-state index contributed by atoms with van der Waals surface area (Å²) in [6.07, 6.45) is 6.81. The van der Waals surface area contributed by atoms with Crippen molar-refractivity contribution in [2.24, 2.45) is 11.8 Å². The predicted octanol–water partition coefficient (Wildman–Crippen LogP) is 4.19. The molecular weight excluding hydrogens is 606 g/mol. The highest BCUT2D eigenvalue weighted by Gasteiger charge is 2.32. The highest BCUT2D eigenvalue weighted by atomic mass is 35.5. The highest BCUT2D eigenvalue weighted by Crippen LogP contribution is 2.34. The van der Waals surface area contributed by atoms with Gasteiger partial charge in [-0.1, -0.05) is 59.8 Å². The molecule has 0 saturated carbocycles. The number of piperidine rings is 2. The molecule has 1 atom stereocenters. The van der Waals surface area contributed by atoms with Gasteiger partial charge >= 0.3 is 0 Å². The van der Waals surface area contributed by atoms with E-state index in [1.54, 1.807) is 0 Å². The van der Waals surface area contributed by atoms with Crippen molar-refractivity contribution < 1.29 is 13.5 Å². The molecule has 2 fully saturated rings. The first-order chi connectivity index (χ1) is 21.7. The molecule has 1 aromatic heterocycles. The molecule has 0 amide bonds. The summed E-state index contributed by atoms with van der Waals surface area (Å²) in [5, 5.41) is 20.3. The van der Waals surface area contributed by atoms with Gasteiger partial charge in [0.15, 0.2) is 0 Å². The molecule has 2 saturated heterocycles. The van der Waals surface area contributed by atoms with Crippen LogP contribution >= 0.6 is 11.6 Å². The quantitative estimate of drug-likeness (QED) is 0.356. The van der Waals surface area contributed by atoms with Gasteiger partial charge < -0.3 is 15.3 Å². The number of β-amino-alcohol motifs (C(OH)–C–C–N with tert-alkyl or cyclic N) is 1. The Morgan fingerprint density at radius 3 is 2.49 bits per heavy atom. The van der Waals surface area contributed by atoms with Gasteiger partial charge in [0.2, 0.25) is 10.0 Å². The standard InChI is InChI=1S/C35H44ClN5O3S/c1-45(43,44)40-21-16-34-32(25-40)35(30-10-11-33(36)29(22-30)9-5-8-26-6-3-2-4-7-26)38-41(34)24-31(42)23-39-19-14-28(15-20-39)27-12-17-37-18-13-27/h2-4,6-7,10-11,22,27-28,31,37,42H,8,12-21,23-25H2,1H3/t31-/m0/s1. The van der Waals surface area contributed by atoms with E-state index in [1.807, 2.05) is 53.2 Å². The monoisotopic (exact) mass is 649 g/mol. The molecule has 0 unspecified atom stereocenters. The largest absolute Gasteiger partial charge is 0.390 e. The van der Waals surface area contributed by atoms with Crippen molar-refractivity contribution in [2.45, 2.75) is 57.7 Å². The summed E-state index contributed by atoms with van der Waals surface area (Å²) in [5.41, 5.74) is 5.26. The molecule has 240 valence electrons. The summed E-state index contributed by atoms with van der Waals surface area (Å²) in [6, 6.07) is 15.8. The number of rotatable bonds is 8. The summed E-state index contributed by atoms with van der Waals surface area (Å²) < 4.78 is 28.5. The Balaban J connectivity index is 1.19. The van der Waals surface area contributed by atoms with E-state index in [-0.39, 0.29) is 6.54 Å². The van der Waals surface area contributed by atoms with E-state index in [0.29, 0.717) is 43.1 Å². The number of hydrogen-bond acceptors (Lipinski definition) is 6. The number of sulfonamides is 1. The molecule has 0 bridgehead atoms. The lowest BCUT2D eigenvalue weighted by molar-refractivity contribution is 0.0631. The molecule has 2 aromatic carbocycles. The topological polar surface area (TPSA) is 90.7 Å². The van der Waals surface area contributed by atoms with Gasteiger partial charge in [-0.2, -0.15) is 9.40 Å². The molecule has 3 aromatic rings. The fraction of sp³-hybridized carbons (Fsp3) is 0.514. The third-order valence-corrected chi connectivity index (χ3v) is 11.3. The van der Waals surface area contributed by atoms with Crippen LogP contribution in [0.5, 0.6) is 0 Å². The minimum absolute atomic E-state index is 0.251. The minimum Gasteiger partial charge on any atom is -0.390 e. The van der Waals surface area contributed by atoms with Crippen LogP contribution in [0.15, 0.2) is 48.5 Å². The molecule has 10 heteroatoms. The summed E-state index contributed by atoms with van der Waals surface area (Å²) in [5.74, 6) is 8.08. The number of benzene rings is 2. The second-order valence-electron chi connectivity index (χ2n) is 12.8. The Bertz CT molecular complexity index is 1630. The first-order valence-electron chi connectivity index (χ1n) is 16.2. The number of likely N-dealkylation sites (tertiary alicyclic amines) is 1. The maximum Gasteiger partial charge on any atom is 0.211 e. The Morgan fingerprint density at radius 1 is 1.02 bits per heavy atom. The Morgan fingerprint density at radius 2 is 1.76 bits per heavy atom. The Labute approximate surface area is 272 Å². The van der Waals surface area contributed by atoms with Gasteiger partial charge in [0, 0.05) is 54.9 Å². The fourth-order valence-electron chi connectivity index (χ4n) is 7.22. The van der Waals surface area contributed by atoms with E-state index in [0.717, 1.165) is 66.1 Å². The van der Waals surface area contributed by atoms with Gasteiger partial charge in [-0.25, -0.2) is 8.42 Å². The number of nitrogens with zero attached hydrogens (tertiary/aromatic N) is 4. The van der Waals surface area contributed by atoms with Gasteiger partial charge in [-0.15, -0.1) is 0 Å². The van der Waals surface area contributed by atoms with Crippen LogP contribution in [0.25, 0.3) is 11.3 Å². The van der Waals surface area contributed by atoms with Crippen LogP contribution in [-0.2, 0) is 36.0 Å². The van der Waals surface area contributed by atoms with Crippen molar-refractivity contribution in [1.29, 1.82) is 0 Å². The van der Waals surface area contributed by atoms with Gasteiger partial charge in [0.05, 0.1) is 29.6 Å². The fourth-order valence-corrected chi connectivity index (χ4v) is 8.17. The molecular formula is C35H44ClN5O3S. The zero-order valence-corrected chi connectivity index (χ0v) is 27.7.